The number of nitrogens with zero attached hydrogens (tertiary/aromatic N) is 1. The van der Waals surface area contributed by atoms with Crippen LogP contribution < -0.4 is 4.90 Å². The first-order chi connectivity index (χ1) is 15.8. The molecule has 6 aromatic carbocycles. The van der Waals surface area contributed by atoms with Crippen LogP contribution in [0.5, 0.6) is 0 Å². The lowest BCUT2D eigenvalue weighted by molar-refractivity contribution is 1.29. The van der Waals surface area contributed by atoms with E-state index in [1.54, 1.807) is 0 Å². The van der Waals surface area contributed by atoms with Crippen LogP contribution in [-0.2, 0) is 0 Å². The van der Waals surface area contributed by atoms with Gasteiger partial charge in [0.1, 0.15) is 0 Å². The largest absolute Gasteiger partial charge is 0.310 e. The summed E-state index contributed by atoms with van der Waals surface area (Å²) >= 11 is 6.38. The second-order valence-corrected chi connectivity index (χ2v) is 8.41. The first-order valence-electron chi connectivity index (χ1n) is 10.7. The zero-order valence-electron chi connectivity index (χ0n) is 17.4. The quantitative estimate of drug-likeness (QED) is 0.253. The maximum Gasteiger partial charge on any atom is 0.0476 e. The molecule has 0 heterocycles. The molecule has 2 heteroatoms. The van der Waals surface area contributed by atoms with Gasteiger partial charge in [0.15, 0.2) is 0 Å². The highest BCUT2D eigenvalue weighted by atomic mass is 35.5. The Kier molecular flexibility index (Phi) is 4.56. The molecule has 0 fully saturated rings. The molecule has 0 spiro atoms. The summed E-state index contributed by atoms with van der Waals surface area (Å²) in [5.74, 6) is 0. The van der Waals surface area contributed by atoms with Crippen molar-refractivity contribution in [3.63, 3.8) is 0 Å². The minimum atomic E-state index is 0.723. The summed E-state index contributed by atoms with van der Waals surface area (Å²) in [4.78, 5) is 2.26. The van der Waals surface area contributed by atoms with Crippen LogP contribution in [0.4, 0.5) is 17.1 Å². The molecule has 0 atom stereocenters. The molecule has 1 nitrogen and oxygen atoms in total. The molecule has 0 saturated carbocycles. The van der Waals surface area contributed by atoms with E-state index in [0.29, 0.717) is 0 Å². The second-order valence-electron chi connectivity index (χ2n) is 7.97. The van der Waals surface area contributed by atoms with Gasteiger partial charge in [-0.25, -0.2) is 0 Å². The molecule has 0 N–H and O–H groups in total. The van der Waals surface area contributed by atoms with Crippen LogP contribution in [-0.4, -0.2) is 0 Å². The molecule has 0 radical (unpaired) electrons. The molecule has 6 aromatic rings. The lowest BCUT2D eigenvalue weighted by Gasteiger charge is -2.26. The Labute approximate surface area is 192 Å². The summed E-state index contributed by atoms with van der Waals surface area (Å²) < 4.78 is 0. The number of hydrogen-bond acceptors (Lipinski definition) is 1. The molecule has 0 bridgehead atoms. The molecule has 32 heavy (non-hydrogen) atoms. The molecule has 152 valence electrons. The predicted octanol–water partition coefficient (Wildman–Crippen LogP) is 9.27. The number of rotatable bonds is 3. The summed E-state index contributed by atoms with van der Waals surface area (Å²) in [6, 6.07) is 42.6. The van der Waals surface area contributed by atoms with Crippen LogP contribution in [0, 0.1) is 0 Å². The predicted molar refractivity (Wildman–Crippen MR) is 139 cm³/mol. The first kappa shape index (κ1) is 18.9. The minimum absolute atomic E-state index is 0.723. The molecule has 0 aliphatic carbocycles. The number of halogens is 1. The van der Waals surface area contributed by atoms with Crippen molar-refractivity contribution in [2.24, 2.45) is 0 Å². The van der Waals surface area contributed by atoms with Gasteiger partial charge in [0, 0.05) is 22.1 Å². The molecule has 0 saturated heterocycles. The third kappa shape index (κ3) is 3.10. The summed E-state index contributed by atoms with van der Waals surface area (Å²) in [6.07, 6.45) is 0. The van der Waals surface area contributed by atoms with E-state index in [4.69, 9.17) is 11.6 Å². The van der Waals surface area contributed by atoms with Gasteiger partial charge < -0.3 is 4.90 Å². The number of para-hydroxylation sites is 1. The third-order valence-corrected chi connectivity index (χ3v) is 6.30. The van der Waals surface area contributed by atoms with Crippen LogP contribution in [0.1, 0.15) is 0 Å². The minimum Gasteiger partial charge on any atom is -0.310 e. The van der Waals surface area contributed by atoms with Crippen LogP contribution in [0.15, 0.2) is 121 Å². The average molecular weight is 430 g/mol. The Morgan fingerprint density at radius 1 is 0.375 bits per heavy atom. The van der Waals surface area contributed by atoms with E-state index in [0.717, 1.165) is 22.1 Å². The van der Waals surface area contributed by atoms with Gasteiger partial charge in [-0.3, -0.25) is 0 Å². The zero-order valence-corrected chi connectivity index (χ0v) is 18.1. The molecule has 6 rings (SSSR count). The summed E-state index contributed by atoms with van der Waals surface area (Å²) in [5.41, 5.74) is 3.23. The summed E-state index contributed by atoms with van der Waals surface area (Å²) in [6.45, 7) is 0. The van der Waals surface area contributed by atoms with Gasteiger partial charge in [0.25, 0.3) is 0 Å². The van der Waals surface area contributed by atoms with Gasteiger partial charge >= 0.3 is 0 Å². The monoisotopic (exact) mass is 429 g/mol. The molecular formula is C30H20ClN. The lowest BCUT2D eigenvalue weighted by atomic mass is 9.94. The summed E-state index contributed by atoms with van der Waals surface area (Å²) in [7, 11) is 0. The molecular weight excluding hydrogens is 410 g/mol. The first-order valence-corrected chi connectivity index (χ1v) is 11.1. The number of benzene rings is 6. The SMILES string of the molecule is Clc1cccc(N(c2ccccc2)c2ccc3c4ccccc4c4ccccc4c3c2)c1. The Morgan fingerprint density at radius 2 is 0.875 bits per heavy atom. The van der Waals surface area contributed by atoms with Crippen molar-refractivity contribution < 1.29 is 0 Å². The topological polar surface area (TPSA) is 3.24 Å². The van der Waals surface area contributed by atoms with E-state index < -0.39 is 0 Å². The van der Waals surface area contributed by atoms with Gasteiger partial charge in [0.05, 0.1) is 0 Å². The Balaban J connectivity index is 1.68. The number of fused-ring (bicyclic) bond motifs is 6. The fraction of sp³-hybridized carbons (Fsp3) is 0. The van der Waals surface area contributed by atoms with E-state index in [1.165, 1.54) is 32.3 Å². The maximum absolute atomic E-state index is 6.38. The van der Waals surface area contributed by atoms with E-state index in [-0.39, 0.29) is 0 Å². The number of anilines is 3. The maximum atomic E-state index is 6.38. The van der Waals surface area contributed by atoms with Gasteiger partial charge in [-0.15, -0.1) is 0 Å². The Hall–Kier alpha value is -3.81. The van der Waals surface area contributed by atoms with Crippen LogP contribution in [0.3, 0.4) is 0 Å². The standard InChI is InChI=1S/C30H20ClN/c31-21-9-8-12-23(19-21)32(22-10-2-1-3-11-22)24-17-18-29-27-15-5-4-13-25(27)26-14-6-7-16-28(26)30(29)20-24/h1-20H. The highest BCUT2D eigenvalue weighted by Gasteiger charge is 2.15. The molecule has 0 aliphatic heterocycles. The van der Waals surface area contributed by atoms with Gasteiger partial charge in [-0.2, -0.15) is 0 Å². The van der Waals surface area contributed by atoms with E-state index >= 15 is 0 Å². The van der Waals surface area contributed by atoms with Crippen LogP contribution in [0.2, 0.25) is 5.02 Å². The van der Waals surface area contributed by atoms with Crippen molar-refractivity contribution in [1.82, 2.24) is 0 Å². The fourth-order valence-corrected chi connectivity index (χ4v) is 4.86. The smallest absolute Gasteiger partial charge is 0.0476 e. The highest BCUT2D eigenvalue weighted by Crippen LogP contribution is 2.40. The van der Waals surface area contributed by atoms with Crippen LogP contribution >= 0.6 is 11.6 Å². The highest BCUT2D eigenvalue weighted by molar-refractivity contribution is 6.31. The van der Waals surface area contributed by atoms with Crippen LogP contribution in [0.25, 0.3) is 32.3 Å². The molecule has 0 aliphatic rings. The molecule has 0 aromatic heterocycles. The normalized spacial score (nSPS) is 11.3. The molecule has 0 amide bonds. The zero-order chi connectivity index (χ0) is 21.5. The fourth-order valence-electron chi connectivity index (χ4n) is 4.67. The van der Waals surface area contributed by atoms with E-state index in [9.17, 15) is 0 Å². The van der Waals surface area contributed by atoms with E-state index in [2.05, 4.69) is 102 Å². The third-order valence-electron chi connectivity index (χ3n) is 6.07. The van der Waals surface area contributed by atoms with Crippen molar-refractivity contribution in [3.8, 4) is 0 Å². The van der Waals surface area contributed by atoms with Gasteiger partial charge in [-0.05, 0) is 74.8 Å². The second kappa shape index (κ2) is 7.71. The van der Waals surface area contributed by atoms with Crippen molar-refractivity contribution in [2.75, 3.05) is 4.90 Å². The van der Waals surface area contributed by atoms with E-state index in [1.807, 2.05) is 24.3 Å². The lowest BCUT2D eigenvalue weighted by Crippen LogP contribution is -2.09. The van der Waals surface area contributed by atoms with Crippen molar-refractivity contribution in [1.29, 1.82) is 0 Å². The molecule has 0 unspecified atom stereocenters. The Bertz CT molecular complexity index is 1550. The van der Waals surface area contributed by atoms with Gasteiger partial charge in [0.2, 0.25) is 0 Å². The van der Waals surface area contributed by atoms with Gasteiger partial charge in [-0.1, -0.05) is 90.5 Å². The van der Waals surface area contributed by atoms with Crippen molar-refractivity contribution in [2.45, 2.75) is 0 Å². The van der Waals surface area contributed by atoms with Crippen molar-refractivity contribution in [3.05, 3.63) is 126 Å². The van der Waals surface area contributed by atoms with Crippen molar-refractivity contribution >= 4 is 61.0 Å². The number of hydrogen-bond donors (Lipinski definition) is 0. The Morgan fingerprint density at radius 3 is 1.50 bits per heavy atom. The summed E-state index contributed by atoms with van der Waals surface area (Å²) in [5, 5.41) is 8.35. The average Bonchev–Trinajstić information content (AvgIpc) is 2.85.